The second-order valence-electron chi connectivity index (χ2n) is 4.34. The molecule has 6 heteroatoms. The van der Waals surface area contributed by atoms with Crippen molar-refractivity contribution in [1.82, 2.24) is 0 Å². The van der Waals surface area contributed by atoms with Gasteiger partial charge >= 0.3 is 120 Å². The fourth-order valence-electron chi connectivity index (χ4n) is 1.98. The number of hydrogen-bond acceptors (Lipinski definition) is 3. The van der Waals surface area contributed by atoms with Crippen LogP contribution in [0.5, 0.6) is 0 Å². The molecule has 0 saturated heterocycles. The summed E-state index contributed by atoms with van der Waals surface area (Å²) in [5.74, 6) is 0. The Bertz CT molecular complexity index is 709. The number of halogens is 2. The summed E-state index contributed by atoms with van der Waals surface area (Å²) >= 11 is -0.0737. The van der Waals surface area contributed by atoms with Crippen LogP contribution in [0.2, 0.25) is 0 Å². The first-order valence-electron chi connectivity index (χ1n) is 6.06. The summed E-state index contributed by atoms with van der Waals surface area (Å²) in [5.41, 5.74) is 3.54. The Kier molecular flexibility index (Phi) is 3.76. The zero-order valence-corrected chi connectivity index (χ0v) is 12.1. The summed E-state index contributed by atoms with van der Waals surface area (Å²) in [6.07, 6.45) is -2.44. The first-order chi connectivity index (χ1) is 9.74. The fourth-order valence-corrected chi connectivity index (χ4v) is 3.14. The van der Waals surface area contributed by atoms with E-state index in [1.165, 1.54) is 12.1 Å². The van der Waals surface area contributed by atoms with Crippen LogP contribution < -0.4 is 5.32 Å². The SMILES string of the molecule is FC(F)c1cccc(CNc2cccc3c2N=[Se]=N3)c1. The van der Waals surface area contributed by atoms with Gasteiger partial charge in [0.15, 0.2) is 0 Å². The molecule has 3 rings (SSSR count). The molecule has 1 N–H and O–H groups in total. The fraction of sp³-hybridized carbons (Fsp3) is 0.143. The molecule has 0 unspecified atom stereocenters. The topological polar surface area (TPSA) is 36.8 Å². The van der Waals surface area contributed by atoms with Crippen LogP contribution in [0.3, 0.4) is 0 Å². The summed E-state index contributed by atoms with van der Waals surface area (Å²) in [6, 6.07) is 12.2. The molecule has 0 spiro atoms. The maximum absolute atomic E-state index is 12.6. The van der Waals surface area contributed by atoms with Gasteiger partial charge in [0.25, 0.3) is 0 Å². The summed E-state index contributed by atoms with van der Waals surface area (Å²) < 4.78 is 34.0. The molecule has 0 aromatic heterocycles. The van der Waals surface area contributed by atoms with E-state index in [1.54, 1.807) is 6.07 Å². The van der Waals surface area contributed by atoms with Crippen LogP contribution in [0, 0.1) is 0 Å². The Morgan fingerprint density at radius 3 is 2.80 bits per heavy atom. The standard InChI is InChI=1S/C14H11F2N3Se/c15-14(16)10-4-1-3-9(7-10)8-17-11-5-2-6-12-13(11)19-20-18-12/h1-7,14,17H,8H2. The van der Waals surface area contributed by atoms with E-state index in [-0.39, 0.29) is 20.1 Å². The van der Waals surface area contributed by atoms with E-state index in [1.807, 2.05) is 24.3 Å². The van der Waals surface area contributed by atoms with Crippen molar-refractivity contribution in [2.24, 2.45) is 7.92 Å². The van der Waals surface area contributed by atoms with Gasteiger partial charge in [0.2, 0.25) is 0 Å². The van der Waals surface area contributed by atoms with Gasteiger partial charge in [0.1, 0.15) is 0 Å². The third-order valence-corrected chi connectivity index (χ3v) is 4.11. The van der Waals surface area contributed by atoms with Crippen molar-refractivity contribution in [2.75, 3.05) is 5.32 Å². The number of nitrogens with one attached hydrogen (secondary N) is 1. The Hall–Kier alpha value is -1.78. The number of anilines is 1. The van der Waals surface area contributed by atoms with Crippen molar-refractivity contribution < 1.29 is 8.78 Å². The van der Waals surface area contributed by atoms with Crippen LogP contribution in [0.15, 0.2) is 50.4 Å². The summed E-state index contributed by atoms with van der Waals surface area (Å²) in [7, 11) is 0. The van der Waals surface area contributed by atoms with E-state index >= 15 is 0 Å². The summed E-state index contributed by atoms with van der Waals surface area (Å²) in [5, 5.41) is 3.24. The van der Waals surface area contributed by atoms with Crippen LogP contribution in [-0.4, -0.2) is 14.6 Å². The van der Waals surface area contributed by atoms with Crippen LogP contribution >= 0.6 is 0 Å². The minimum absolute atomic E-state index is 0.0469. The Labute approximate surface area is 120 Å². The maximum atomic E-state index is 12.6. The molecule has 0 radical (unpaired) electrons. The minimum atomic E-state index is -2.44. The number of rotatable bonds is 4. The van der Waals surface area contributed by atoms with Gasteiger partial charge in [-0.25, -0.2) is 0 Å². The molecule has 0 amide bonds. The normalized spacial score (nSPS) is 12.3. The molecule has 0 aliphatic carbocycles. The van der Waals surface area contributed by atoms with E-state index in [4.69, 9.17) is 0 Å². The van der Waals surface area contributed by atoms with Gasteiger partial charge in [-0.2, -0.15) is 0 Å². The molecule has 0 atom stereocenters. The van der Waals surface area contributed by atoms with Gasteiger partial charge in [-0.05, 0) is 0 Å². The Morgan fingerprint density at radius 2 is 1.95 bits per heavy atom. The Balaban J connectivity index is 1.76. The van der Waals surface area contributed by atoms with E-state index in [9.17, 15) is 8.78 Å². The zero-order valence-electron chi connectivity index (χ0n) is 10.4. The summed E-state index contributed by atoms with van der Waals surface area (Å²) in [4.78, 5) is 0. The second-order valence-corrected chi connectivity index (χ2v) is 5.45. The zero-order chi connectivity index (χ0) is 13.9. The van der Waals surface area contributed by atoms with Crippen molar-refractivity contribution in [2.45, 2.75) is 13.0 Å². The van der Waals surface area contributed by atoms with Gasteiger partial charge in [-0.3, -0.25) is 0 Å². The molecule has 102 valence electrons. The van der Waals surface area contributed by atoms with Crippen molar-refractivity contribution in [3.63, 3.8) is 0 Å². The first kappa shape index (κ1) is 13.2. The number of benzene rings is 2. The molecule has 1 aliphatic rings. The molecular formula is C14H11F2N3Se. The average Bonchev–Trinajstić information content (AvgIpc) is 2.94. The third-order valence-electron chi connectivity index (χ3n) is 2.97. The Morgan fingerprint density at radius 1 is 1.10 bits per heavy atom. The van der Waals surface area contributed by atoms with Crippen LogP contribution in [0.4, 0.5) is 25.8 Å². The van der Waals surface area contributed by atoms with Gasteiger partial charge in [-0.1, -0.05) is 0 Å². The van der Waals surface area contributed by atoms with Gasteiger partial charge < -0.3 is 0 Å². The number of hydrogen-bond donors (Lipinski definition) is 1. The molecule has 0 saturated carbocycles. The molecule has 3 nitrogen and oxygen atoms in total. The number of alkyl halides is 2. The predicted molar refractivity (Wildman–Crippen MR) is 75.1 cm³/mol. The molecular weight excluding hydrogens is 327 g/mol. The van der Waals surface area contributed by atoms with Gasteiger partial charge in [0, 0.05) is 0 Å². The quantitative estimate of drug-likeness (QED) is 0.695. The van der Waals surface area contributed by atoms with E-state index in [2.05, 4.69) is 13.2 Å². The van der Waals surface area contributed by atoms with Crippen molar-refractivity contribution in [3.8, 4) is 0 Å². The van der Waals surface area contributed by atoms with E-state index in [0.717, 1.165) is 22.6 Å². The predicted octanol–water partition coefficient (Wildman–Crippen LogP) is 4.58. The van der Waals surface area contributed by atoms with Gasteiger partial charge in [-0.15, -0.1) is 0 Å². The van der Waals surface area contributed by atoms with Crippen LogP contribution in [-0.2, 0) is 6.54 Å². The number of fused-ring (bicyclic) bond motifs is 1. The summed E-state index contributed by atoms with van der Waals surface area (Å²) in [6.45, 7) is 0.486. The monoisotopic (exact) mass is 339 g/mol. The molecule has 20 heavy (non-hydrogen) atoms. The van der Waals surface area contributed by atoms with Crippen molar-refractivity contribution in [3.05, 3.63) is 53.6 Å². The molecule has 2 aromatic carbocycles. The molecule has 2 aromatic rings. The molecule has 0 fully saturated rings. The average molecular weight is 338 g/mol. The van der Waals surface area contributed by atoms with Crippen LogP contribution in [0.25, 0.3) is 0 Å². The molecule has 1 heterocycles. The van der Waals surface area contributed by atoms with Gasteiger partial charge in [0.05, 0.1) is 0 Å². The molecule has 1 aliphatic heterocycles. The first-order valence-corrected chi connectivity index (χ1v) is 7.59. The molecule has 0 bridgehead atoms. The number of nitrogens with zero attached hydrogens (tertiary/aromatic N) is 2. The van der Waals surface area contributed by atoms with E-state index in [0.29, 0.717) is 6.54 Å². The second kappa shape index (κ2) is 5.69. The van der Waals surface area contributed by atoms with E-state index < -0.39 is 6.43 Å². The van der Waals surface area contributed by atoms with Crippen molar-refractivity contribution in [1.29, 1.82) is 0 Å². The van der Waals surface area contributed by atoms with Crippen molar-refractivity contribution >= 4 is 31.6 Å². The third kappa shape index (κ3) is 2.71. The van der Waals surface area contributed by atoms with Crippen LogP contribution in [0.1, 0.15) is 17.6 Å².